The highest BCUT2D eigenvalue weighted by atomic mass is 32.2. The van der Waals surface area contributed by atoms with E-state index in [0.717, 1.165) is 48.5 Å². The normalized spacial score (nSPS) is 13.5. The lowest BCUT2D eigenvalue weighted by Crippen LogP contribution is -2.50. The minimum atomic E-state index is -5.12. The Hall–Kier alpha value is -3.81. The fourth-order valence-corrected chi connectivity index (χ4v) is 4.17. The summed E-state index contributed by atoms with van der Waals surface area (Å²) in [5, 5.41) is 5.55. The molecule has 18 heteroatoms. The van der Waals surface area contributed by atoms with E-state index in [1.165, 1.54) is 0 Å². The van der Waals surface area contributed by atoms with E-state index in [2.05, 4.69) is 21.1 Å². The molecule has 190 valence electrons. The molecule has 36 heavy (non-hydrogen) atoms. The van der Waals surface area contributed by atoms with Crippen molar-refractivity contribution < 1.29 is 38.9 Å². The van der Waals surface area contributed by atoms with E-state index in [-0.39, 0.29) is 11.4 Å². The minimum Gasteiger partial charge on any atom is -0.286 e. The van der Waals surface area contributed by atoms with Crippen molar-refractivity contribution in [2.24, 2.45) is 10.2 Å². The van der Waals surface area contributed by atoms with E-state index < -0.39 is 66.6 Å². The summed E-state index contributed by atoms with van der Waals surface area (Å²) in [4.78, 5) is 23.1. The van der Waals surface area contributed by atoms with Crippen molar-refractivity contribution in [1.29, 1.82) is 0 Å². The van der Waals surface area contributed by atoms with Crippen LogP contribution < -0.4 is 32.4 Å². The Balaban J connectivity index is 2.08. The second kappa shape index (κ2) is 9.68. The zero-order chi connectivity index (χ0) is 26.9. The first-order valence-corrected chi connectivity index (χ1v) is 13.5. The fourth-order valence-electron chi connectivity index (χ4n) is 2.62. The van der Waals surface area contributed by atoms with Crippen LogP contribution in [0, 0.1) is 0 Å². The van der Waals surface area contributed by atoms with Crippen molar-refractivity contribution in [1.82, 2.24) is 0 Å². The summed E-state index contributed by atoms with van der Waals surface area (Å²) in [7, 11) is -14.1. The first kappa shape index (κ1) is 26.8. The highest BCUT2D eigenvalue weighted by Crippen LogP contribution is 2.14. The van der Waals surface area contributed by atoms with Gasteiger partial charge in [-0.2, -0.15) is 35.5 Å². The first-order valence-electron chi connectivity index (χ1n) is 9.18. The highest BCUT2D eigenvalue weighted by Gasteiger charge is 2.19. The maximum Gasteiger partial charge on any atom is 0.298 e. The summed E-state index contributed by atoms with van der Waals surface area (Å²) in [6.45, 7) is 0. The van der Waals surface area contributed by atoms with Gasteiger partial charge in [-0.05, 0) is 54.6 Å². The number of hydrogen-bond donors (Lipinski definition) is 5. The molecule has 3 rings (SSSR count). The average Bonchev–Trinajstić information content (AvgIpc) is 2.77. The number of nitrogens with one attached hydrogen (secondary N) is 2. The second-order valence-corrected chi connectivity index (χ2v) is 11.1. The monoisotopic (exact) mass is 558 g/mol. The summed E-state index contributed by atoms with van der Waals surface area (Å²) < 4.78 is 95.1. The number of hydrogen-bond acceptors (Lipinski definition) is 12. The van der Waals surface area contributed by atoms with Crippen LogP contribution in [0.3, 0.4) is 0 Å². The zero-order valence-corrected chi connectivity index (χ0v) is 19.9. The molecule has 0 radical (unpaired) electrons. The van der Waals surface area contributed by atoms with Crippen LogP contribution in [0.15, 0.2) is 89.1 Å². The standard InChI is InChI=1S/C18H14N4O11S3/c23-17-14(21-19-10-1-5-12(6-2-10)34(25,26)27)9-15(36(31,32)33)18(24)16(17)22-20-11-3-7-13(8-4-11)35(28,29)30/h1-9,19-20H,(H,25,26,27)(H,28,29,30)(H,31,32,33). The van der Waals surface area contributed by atoms with Crippen LogP contribution in [0.4, 0.5) is 11.4 Å². The van der Waals surface area contributed by atoms with Gasteiger partial charge in [0.25, 0.3) is 30.4 Å². The third-order valence-corrected chi connectivity index (χ3v) is 6.93. The van der Waals surface area contributed by atoms with E-state index >= 15 is 0 Å². The predicted molar refractivity (Wildman–Crippen MR) is 122 cm³/mol. The number of nitrogens with zero attached hydrogens (tertiary/aromatic N) is 2. The van der Waals surface area contributed by atoms with Crippen LogP contribution in [-0.4, -0.2) is 38.9 Å². The second-order valence-electron chi connectivity index (χ2n) is 6.82. The molecule has 0 aliphatic heterocycles. The maximum atomic E-state index is 12.7. The van der Waals surface area contributed by atoms with Crippen LogP contribution in [0.25, 0.3) is 0 Å². The topological polar surface area (TPSA) is 246 Å². The molecule has 0 aromatic heterocycles. The number of rotatable bonds is 7. The van der Waals surface area contributed by atoms with Gasteiger partial charge in [0.1, 0.15) is 10.3 Å². The largest absolute Gasteiger partial charge is 0.298 e. The molecule has 0 saturated heterocycles. The van der Waals surface area contributed by atoms with Crippen molar-refractivity contribution in [3.63, 3.8) is 0 Å². The summed E-state index contributed by atoms with van der Waals surface area (Å²) in [5.74, 6) is 0. The molecule has 0 unspecified atom stereocenters. The Morgan fingerprint density at radius 3 is 1.39 bits per heavy atom. The molecular weight excluding hydrogens is 544 g/mol. The quantitative estimate of drug-likeness (QED) is 0.170. The number of benzene rings is 3. The summed E-state index contributed by atoms with van der Waals surface area (Å²) in [5.41, 5.74) is 2.08. The highest BCUT2D eigenvalue weighted by molar-refractivity contribution is 7.86. The Morgan fingerprint density at radius 2 is 1.00 bits per heavy atom. The smallest absolute Gasteiger partial charge is 0.286 e. The summed E-state index contributed by atoms with van der Waals surface area (Å²) in [6, 6.07) is 9.04. The molecule has 0 saturated carbocycles. The van der Waals surface area contributed by atoms with Crippen LogP contribution >= 0.6 is 0 Å². The van der Waals surface area contributed by atoms with Crippen LogP contribution in [0.2, 0.25) is 0 Å². The van der Waals surface area contributed by atoms with Crippen molar-refractivity contribution in [2.45, 2.75) is 14.7 Å². The molecule has 0 heterocycles. The summed E-state index contributed by atoms with van der Waals surface area (Å²) >= 11 is 0. The Labute approximate surface area is 202 Å². The lowest BCUT2D eigenvalue weighted by molar-refractivity contribution is 0.480. The van der Waals surface area contributed by atoms with E-state index in [1.54, 1.807) is 0 Å². The van der Waals surface area contributed by atoms with Crippen molar-refractivity contribution in [2.75, 3.05) is 10.9 Å². The number of anilines is 2. The lowest BCUT2D eigenvalue weighted by Gasteiger charge is -2.02. The zero-order valence-electron chi connectivity index (χ0n) is 17.4. The molecule has 0 aliphatic carbocycles. The first-order chi connectivity index (χ1) is 16.6. The van der Waals surface area contributed by atoms with Gasteiger partial charge >= 0.3 is 0 Å². The Bertz CT molecular complexity index is 1880. The molecule has 0 aliphatic rings. The van der Waals surface area contributed by atoms with Crippen molar-refractivity contribution in [3.05, 3.63) is 85.8 Å². The van der Waals surface area contributed by atoms with Gasteiger partial charge in [0.15, 0.2) is 5.36 Å². The van der Waals surface area contributed by atoms with Crippen molar-refractivity contribution in [3.8, 4) is 0 Å². The molecular formula is C18H14N4O11S3. The average molecular weight is 559 g/mol. The SMILES string of the molecule is O=c1c(S(=O)(=O)O)cc(=NNc2ccc(S(=O)(=O)O)cc2)c(=O)c1=NNc1ccc(S(=O)(=O)O)cc1. The van der Waals surface area contributed by atoms with Gasteiger partial charge < -0.3 is 0 Å². The molecule has 0 bridgehead atoms. The molecule has 5 N–H and O–H groups in total. The van der Waals surface area contributed by atoms with Crippen molar-refractivity contribution >= 4 is 41.7 Å². The van der Waals surface area contributed by atoms with E-state index in [0.29, 0.717) is 6.07 Å². The van der Waals surface area contributed by atoms with Crippen LogP contribution in [0.5, 0.6) is 0 Å². The molecule has 0 spiro atoms. The minimum absolute atomic E-state index is 0.0361. The van der Waals surface area contributed by atoms with Crippen LogP contribution in [0.1, 0.15) is 0 Å². The van der Waals surface area contributed by atoms with E-state index in [9.17, 15) is 39.4 Å². The predicted octanol–water partition coefficient (Wildman–Crippen LogP) is -1.12. The van der Waals surface area contributed by atoms with Gasteiger partial charge in [0, 0.05) is 0 Å². The molecule has 15 nitrogen and oxygen atoms in total. The van der Waals surface area contributed by atoms with Gasteiger partial charge in [0.05, 0.1) is 21.2 Å². The van der Waals surface area contributed by atoms with Crippen LogP contribution in [-0.2, 0) is 30.4 Å². The van der Waals surface area contributed by atoms with Gasteiger partial charge in [-0.1, -0.05) is 0 Å². The Morgan fingerprint density at radius 1 is 0.583 bits per heavy atom. The van der Waals surface area contributed by atoms with Gasteiger partial charge in [-0.15, -0.1) is 0 Å². The maximum absolute atomic E-state index is 12.7. The fraction of sp³-hybridized carbons (Fsp3) is 0. The van der Waals surface area contributed by atoms with Gasteiger partial charge in [-0.3, -0.25) is 34.1 Å². The Kier molecular flexibility index (Phi) is 7.20. The summed E-state index contributed by atoms with van der Waals surface area (Å²) in [6.07, 6.45) is 0. The third-order valence-electron chi connectivity index (χ3n) is 4.34. The lowest BCUT2D eigenvalue weighted by atomic mass is 10.3. The van der Waals surface area contributed by atoms with Gasteiger partial charge in [-0.25, -0.2) is 0 Å². The molecule has 3 aromatic carbocycles. The van der Waals surface area contributed by atoms with E-state index in [1.807, 2.05) is 0 Å². The van der Waals surface area contributed by atoms with E-state index in [4.69, 9.17) is 9.11 Å². The van der Waals surface area contributed by atoms with Gasteiger partial charge in [0.2, 0.25) is 10.9 Å². The third kappa shape index (κ3) is 6.24. The molecule has 0 atom stereocenters. The molecule has 0 fully saturated rings. The molecule has 3 aromatic rings. The molecule has 0 amide bonds.